The van der Waals surface area contributed by atoms with Gasteiger partial charge in [-0.3, -0.25) is 0 Å². The Morgan fingerprint density at radius 2 is 2.13 bits per heavy atom. The van der Waals surface area contributed by atoms with E-state index in [1.807, 2.05) is 19.9 Å². The van der Waals surface area contributed by atoms with Crippen molar-refractivity contribution in [3.8, 4) is 6.07 Å². The van der Waals surface area contributed by atoms with Crippen molar-refractivity contribution in [3.63, 3.8) is 0 Å². The van der Waals surface area contributed by atoms with Gasteiger partial charge in [0.1, 0.15) is 6.54 Å². The van der Waals surface area contributed by atoms with Crippen LogP contribution in [0.15, 0.2) is 0 Å². The second kappa shape index (κ2) is 5.56. The second-order valence-electron chi connectivity index (χ2n) is 3.76. The minimum atomic E-state index is -0.0603. The molecule has 2 amide bonds. The molecule has 1 fully saturated rings. The normalized spacial score (nSPS) is 16.3. The van der Waals surface area contributed by atoms with Crippen LogP contribution in [-0.2, 0) is 4.74 Å². The molecule has 84 valence electrons. The van der Waals surface area contributed by atoms with Crippen LogP contribution in [0.3, 0.4) is 0 Å². The number of rotatable bonds is 2. The van der Waals surface area contributed by atoms with Gasteiger partial charge in [0.25, 0.3) is 0 Å². The molecule has 0 saturated carbocycles. The zero-order chi connectivity index (χ0) is 11.3. The van der Waals surface area contributed by atoms with E-state index >= 15 is 0 Å². The Kier molecular flexibility index (Phi) is 4.37. The smallest absolute Gasteiger partial charge is 0.321 e. The number of morpholine rings is 1. The molecule has 0 atom stereocenters. The summed E-state index contributed by atoms with van der Waals surface area (Å²) in [6, 6.07) is 2.01. The van der Waals surface area contributed by atoms with E-state index in [1.54, 1.807) is 9.80 Å². The van der Waals surface area contributed by atoms with E-state index in [4.69, 9.17) is 10.00 Å². The molecule has 1 rings (SSSR count). The molecule has 1 saturated heterocycles. The second-order valence-corrected chi connectivity index (χ2v) is 3.76. The van der Waals surface area contributed by atoms with Gasteiger partial charge >= 0.3 is 6.03 Å². The van der Waals surface area contributed by atoms with E-state index in [-0.39, 0.29) is 18.6 Å². The number of ether oxygens (including phenoxy) is 1. The van der Waals surface area contributed by atoms with Gasteiger partial charge in [-0.2, -0.15) is 5.26 Å². The standard InChI is InChI=1S/C10H17N3O2/c1-9(2)13(4-3-11)10(14)12-5-7-15-8-6-12/h9H,4-8H2,1-2H3. The van der Waals surface area contributed by atoms with Gasteiger partial charge in [0.05, 0.1) is 19.3 Å². The summed E-state index contributed by atoms with van der Waals surface area (Å²) in [6.45, 7) is 6.38. The Bertz CT molecular complexity index is 254. The summed E-state index contributed by atoms with van der Waals surface area (Å²) < 4.78 is 5.17. The van der Waals surface area contributed by atoms with Crippen LogP contribution in [0.5, 0.6) is 0 Å². The Balaban J connectivity index is 2.58. The highest BCUT2D eigenvalue weighted by Gasteiger charge is 2.24. The summed E-state index contributed by atoms with van der Waals surface area (Å²) >= 11 is 0. The van der Waals surface area contributed by atoms with Gasteiger partial charge in [0.15, 0.2) is 0 Å². The number of nitrogens with zero attached hydrogens (tertiary/aromatic N) is 3. The van der Waals surface area contributed by atoms with Gasteiger partial charge in [-0.15, -0.1) is 0 Å². The minimum absolute atomic E-state index is 0.0556. The highest BCUT2D eigenvalue weighted by molar-refractivity contribution is 5.75. The summed E-state index contributed by atoms with van der Waals surface area (Å²) in [4.78, 5) is 15.3. The highest BCUT2D eigenvalue weighted by atomic mass is 16.5. The van der Waals surface area contributed by atoms with Gasteiger partial charge in [0, 0.05) is 19.1 Å². The average Bonchev–Trinajstić information content (AvgIpc) is 2.26. The van der Waals surface area contributed by atoms with Gasteiger partial charge < -0.3 is 14.5 Å². The van der Waals surface area contributed by atoms with Crippen molar-refractivity contribution < 1.29 is 9.53 Å². The van der Waals surface area contributed by atoms with Gasteiger partial charge in [-0.25, -0.2) is 4.79 Å². The Labute approximate surface area is 90.2 Å². The predicted octanol–water partition coefficient (Wildman–Crippen LogP) is 0.673. The zero-order valence-corrected chi connectivity index (χ0v) is 9.27. The third-order valence-electron chi connectivity index (χ3n) is 2.39. The largest absolute Gasteiger partial charge is 0.378 e. The van der Waals surface area contributed by atoms with Crippen LogP contribution in [0.2, 0.25) is 0 Å². The first-order chi connectivity index (χ1) is 7.16. The summed E-state index contributed by atoms with van der Waals surface area (Å²) in [5.74, 6) is 0. The number of amides is 2. The monoisotopic (exact) mass is 211 g/mol. The average molecular weight is 211 g/mol. The Morgan fingerprint density at radius 1 is 1.53 bits per heavy atom. The summed E-state index contributed by atoms with van der Waals surface area (Å²) in [6.07, 6.45) is 0. The number of urea groups is 1. The maximum absolute atomic E-state index is 12.0. The summed E-state index contributed by atoms with van der Waals surface area (Å²) in [7, 11) is 0. The van der Waals surface area contributed by atoms with E-state index in [0.717, 1.165) is 0 Å². The van der Waals surface area contributed by atoms with E-state index in [1.165, 1.54) is 0 Å². The molecule has 5 nitrogen and oxygen atoms in total. The lowest BCUT2D eigenvalue weighted by Crippen LogP contribution is -2.50. The van der Waals surface area contributed by atoms with Gasteiger partial charge in [0.2, 0.25) is 0 Å². The third-order valence-corrected chi connectivity index (χ3v) is 2.39. The van der Waals surface area contributed by atoms with E-state index in [2.05, 4.69) is 0 Å². The van der Waals surface area contributed by atoms with Crippen LogP contribution >= 0.6 is 0 Å². The molecule has 1 aliphatic heterocycles. The van der Waals surface area contributed by atoms with Crippen LogP contribution in [0.25, 0.3) is 0 Å². The highest BCUT2D eigenvalue weighted by Crippen LogP contribution is 2.06. The molecule has 0 aromatic carbocycles. The molecule has 0 radical (unpaired) electrons. The number of nitriles is 1. The van der Waals surface area contributed by atoms with Crippen LogP contribution in [0, 0.1) is 11.3 Å². The molecular formula is C10H17N3O2. The van der Waals surface area contributed by atoms with Crippen molar-refractivity contribution in [2.45, 2.75) is 19.9 Å². The fourth-order valence-electron chi connectivity index (χ4n) is 1.48. The Hall–Kier alpha value is -1.28. The Morgan fingerprint density at radius 3 is 2.60 bits per heavy atom. The van der Waals surface area contributed by atoms with Crippen LogP contribution in [0.1, 0.15) is 13.8 Å². The van der Waals surface area contributed by atoms with Crippen molar-refractivity contribution in [2.24, 2.45) is 0 Å². The molecule has 0 N–H and O–H groups in total. The summed E-state index contributed by atoms with van der Waals surface area (Å²) in [5, 5.41) is 8.65. The van der Waals surface area contributed by atoms with Gasteiger partial charge in [-0.1, -0.05) is 0 Å². The minimum Gasteiger partial charge on any atom is -0.378 e. The third kappa shape index (κ3) is 3.10. The van der Waals surface area contributed by atoms with E-state index in [0.29, 0.717) is 26.3 Å². The first kappa shape index (κ1) is 11.8. The molecule has 5 heteroatoms. The predicted molar refractivity (Wildman–Crippen MR) is 55.2 cm³/mol. The molecule has 0 aliphatic carbocycles. The van der Waals surface area contributed by atoms with Crippen LogP contribution in [-0.4, -0.2) is 54.7 Å². The molecule has 0 aromatic heterocycles. The van der Waals surface area contributed by atoms with Gasteiger partial charge in [-0.05, 0) is 13.8 Å². The van der Waals surface area contributed by atoms with Crippen molar-refractivity contribution in [3.05, 3.63) is 0 Å². The number of carbonyl (C=O) groups is 1. The van der Waals surface area contributed by atoms with Crippen molar-refractivity contribution in [1.82, 2.24) is 9.80 Å². The number of hydrogen-bond acceptors (Lipinski definition) is 3. The quantitative estimate of drug-likeness (QED) is 0.631. The molecule has 1 aliphatic rings. The first-order valence-electron chi connectivity index (χ1n) is 5.17. The lowest BCUT2D eigenvalue weighted by molar-refractivity contribution is 0.0419. The molecular weight excluding hydrogens is 194 g/mol. The molecule has 0 spiro atoms. The van der Waals surface area contributed by atoms with Crippen LogP contribution < -0.4 is 0 Å². The van der Waals surface area contributed by atoms with Crippen molar-refractivity contribution in [2.75, 3.05) is 32.8 Å². The maximum atomic E-state index is 12.0. The SMILES string of the molecule is CC(C)N(CC#N)C(=O)N1CCOCC1. The number of carbonyl (C=O) groups excluding carboxylic acids is 1. The van der Waals surface area contributed by atoms with Crippen LogP contribution in [0.4, 0.5) is 4.79 Å². The molecule has 15 heavy (non-hydrogen) atoms. The fraction of sp³-hybridized carbons (Fsp3) is 0.800. The van der Waals surface area contributed by atoms with Crippen molar-refractivity contribution >= 4 is 6.03 Å². The lowest BCUT2D eigenvalue weighted by atomic mass is 10.3. The first-order valence-corrected chi connectivity index (χ1v) is 5.17. The van der Waals surface area contributed by atoms with Crippen molar-refractivity contribution in [1.29, 1.82) is 5.26 Å². The molecule has 0 aromatic rings. The zero-order valence-electron chi connectivity index (χ0n) is 9.27. The molecule has 0 unspecified atom stereocenters. The summed E-state index contributed by atoms with van der Waals surface area (Å²) in [5.41, 5.74) is 0. The molecule has 1 heterocycles. The van der Waals surface area contributed by atoms with E-state index < -0.39 is 0 Å². The fourth-order valence-corrected chi connectivity index (χ4v) is 1.48. The molecule has 0 bridgehead atoms. The topological polar surface area (TPSA) is 56.6 Å². The maximum Gasteiger partial charge on any atom is 0.321 e. The lowest BCUT2D eigenvalue weighted by Gasteiger charge is -2.33. The number of hydrogen-bond donors (Lipinski definition) is 0. The van der Waals surface area contributed by atoms with E-state index in [9.17, 15) is 4.79 Å².